The van der Waals surface area contributed by atoms with Gasteiger partial charge >= 0.3 is 5.97 Å². The van der Waals surface area contributed by atoms with Crippen molar-refractivity contribution >= 4 is 34.1 Å². The summed E-state index contributed by atoms with van der Waals surface area (Å²) in [4.78, 5) is 36.3. The van der Waals surface area contributed by atoms with Crippen molar-refractivity contribution in [2.45, 2.75) is 13.3 Å². The number of thiophene rings is 1. The first-order chi connectivity index (χ1) is 11.4. The summed E-state index contributed by atoms with van der Waals surface area (Å²) in [5.74, 6) is -1.55. The Hall–Kier alpha value is -2.67. The predicted octanol–water partition coefficient (Wildman–Crippen LogP) is 2.92. The third kappa shape index (κ3) is 4.20. The van der Waals surface area contributed by atoms with Gasteiger partial charge < -0.3 is 15.3 Å². The standard InChI is InChI=1S/C17H18N2O4S/c1-11(20)18-16-15(17(23)19(2)9-8-14(21)22)13(10-24-16)12-6-4-3-5-7-12/h3-7,10H,8-9H2,1-2H3,(H,18,20)(H,21,22). The SMILES string of the molecule is CC(=O)Nc1scc(-c2ccccc2)c1C(=O)N(C)CCC(=O)O. The molecule has 0 atom stereocenters. The maximum absolute atomic E-state index is 12.8. The number of rotatable bonds is 6. The number of aliphatic carboxylic acids is 1. The molecule has 0 aliphatic carbocycles. The number of carboxylic acids is 1. The Bertz CT molecular complexity index is 755. The fraction of sp³-hybridized carbons (Fsp3) is 0.235. The molecule has 0 fully saturated rings. The molecule has 0 unspecified atom stereocenters. The van der Waals surface area contributed by atoms with Gasteiger partial charge in [-0.25, -0.2) is 0 Å². The van der Waals surface area contributed by atoms with E-state index >= 15 is 0 Å². The minimum absolute atomic E-state index is 0.0950. The molecule has 0 saturated heterocycles. The number of nitrogens with zero attached hydrogens (tertiary/aromatic N) is 1. The summed E-state index contributed by atoms with van der Waals surface area (Å²) in [5, 5.41) is 13.8. The highest BCUT2D eigenvalue weighted by atomic mass is 32.1. The number of hydrogen-bond acceptors (Lipinski definition) is 4. The summed E-state index contributed by atoms with van der Waals surface area (Å²) < 4.78 is 0. The summed E-state index contributed by atoms with van der Waals surface area (Å²) in [7, 11) is 1.55. The normalized spacial score (nSPS) is 10.2. The molecule has 2 N–H and O–H groups in total. The fourth-order valence-electron chi connectivity index (χ4n) is 2.21. The first-order valence-corrected chi connectivity index (χ1v) is 8.20. The van der Waals surface area contributed by atoms with Crippen molar-refractivity contribution in [2.75, 3.05) is 18.9 Å². The molecule has 7 heteroatoms. The van der Waals surface area contributed by atoms with E-state index in [0.29, 0.717) is 10.6 Å². The quantitative estimate of drug-likeness (QED) is 0.842. The van der Waals surface area contributed by atoms with Crippen LogP contribution in [0.25, 0.3) is 11.1 Å². The van der Waals surface area contributed by atoms with Crippen LogP contribution in [0.4, 0.5) is 5.00 Å². The summed E-state index contributed by atoms with van der Waals surface area (Å²) in [5.41, 5.74) is 1.96. The van der Waals surface area contributed by atoms with Gasteiger partial charge in [-0.15, -0.1) is 11.3 Å². The van der Waals surface area contributed by atoms with Crippen molar-refractivity contribution in [2.24, 2.45) is 0 Å². The van der Waals surface area contributed by atoms with Crippen molar-refractivity contribution < 1.29 is 19.5 Å². The van der Waals surface area contributed by atoms with Crippen LogP contribution in [0.15, 0.2) is 35.7 Å². The van der Waals surface area contributed by atoms with Crippen molar-refractivity contribution in [1.82, 2.24) is 4.90 Å². The number of anilines is 1. The zero-order valence-electron chi connectivity index (χ0n) is 13.4. The Kier molecular flexibility index (Phi) is 5.70. The minimum atomic E-state index is -0.967. The van der Waals surface area contributed by atoms with Crippen molar-refractivity contribution in [3.63, 3.8) is 0 Å². The van der Waals surface area contributed by atoms with Gasteiger partial charge in [-0.05, 0) is 5.56 Å². The van der Waals surface area contributed by atoms with Crippen LogP contribution in [0.2, 0.25) is 0 Å². The van der Waals surface area contributed by atoms with Crippen molar-refractivity contribution in [3.05, 3.63) is 41.3 Å². The number of amides is 2. The van der Waals surface area contributed by atoms with Crippen LogP contribution in [0.1, 0.15) is 23.7 Å². The lowest BCUT2D eigenvalue weighted by Gasteiger charge is -2.18. The Balaban J connectivity index is 2.40. The van der Waals surface area contributed by atoms with Crippen LogP contribution in [0, 0.1) is 0 Å². The number of nitrogens with one attached hydrogen (secondary N) is 1. The molecule has 2 aromatic rings. The second kappa shape index (κ2) is 7.74. The Labute approximate surface area is 143 Å². The first-order valence-electron chi connectivity index (χ1n) is 7.32. The number of benzene rings is 1. The maximum atomic E-state index is 12.8. The molecule has 1 aromatic carbocycles. The Morgan fingerprint density at radius 1 is 1.21 bits per heavy atom. The van der Waals surface area contributed by atoms with Gasteiger partial charge in [0.15, 0.2) is 0 Å². The van der Waals surface area contributed by atoms with Crippen LogP contribution in [0.5, 0.6) is 0 Å². The highest BCUT2D eigenvalue weighted by Crippen LogP contribution is 2.36. The van der Waals surface area contributed by atoms with Crippen molar-refractivity contribution in [1.29, 1.82) is 0 Å². The van der Waals surface area contributed by atoms with Gasteiger partial charge in [0.25, 0.3) is 5.91 Å². The van der Waals surface area contributed by atoms with Crippen LogP contribution < -0.4 is 5.32 Å². The van der Waals surface area contributed by atoms with Crippen LogP contribution in [-0.2, 0) is 9.59 Å². The molecule has 0 saturated carbocycles. The van der Waals surface area contributed by atoms with E-state index in [2.05, 4.69) is 5.32 Å². The molecular formula is C17H18N2O4S. The third-order valence-electron chi connectivity index (χ3n) is 3.39. The van der Waals surface area contributed by atoms with Crippen LogP contribution in [0.3, 0.4) is 0 Å². The number of carbonyl (C=O) groups excluding carboxylic acids is 2. The molecule has 0 aliphatic rings. The van der Waals surface area contributed by atoms with E-state index in [1.165, 1.54) is 23.2 Å². The molecule has 0 spiro atoms. The molecule has 0 aliphatic heterocycles. The van der Waals surface area contributed by atoms with E-state index in [1.54, 1.807) is 7.05 Å². The zero-order valence-corrected chi connectivity index (χ0v) is 14.2. The first kappa shape index (κ1) is 17.7. The van der Waals surface area contributed by atoms with Crippen LogP contribution >= 0.6 is 11.3 Å². The average molecular weight is 346 g/mol. The lowest BCUT2D eigenvalue weighted by Crippen LogP contribution is -2.29. The van der Waals surface area contributed by atoms with Gasteiger partial charge in [0.2, 0.25) is 5.91 Å². The van der Waals surface area contributed by atoms with Gasteiger partial charge in [0.05, 0.1) is 12.0 Å². The Morgan fingerprint density at radius 2 is 1.88 bits per heavy atom. The number of carbonyl (C=O) groups is 3. The summed E-state index contributed by atoms with van der Waals surface area (Å²) >= 11 is 1.27. The van der Waals surface area contributed by atoms with Gasteiger partial charge in [-0.3, -0.25) is 14.4 Å². The molecule has 1 aromatic heterocycles. The largest absolute Gasteiger partial charge is 0.481 e. The molecular weight excluding hydrogens is 328 g/mol. The highest BCUT2D eigenvalue weighted by molar-refractivity contribution is 7.15. The topological polar surface area (TPSA) is 86.7 Å². The molecule has 6 nitrogen and oxygen atoms in total. The summed E-state index contributed by atoms with van der Waals surface area (Å²) in [6.45, 7) is 1.47. The molecule has 2 rings (SSSR count). The minimum Gasteiger partial charge on any atom is -0.481 e. The summed E-state index contributed by atoms with van der Waals surface area (Å²) in [6, 6.07) is 9.38. The van der Waals surface area contributed by atoms with Gasteiger partial charge in [-0.1, -0.05) is 30.3 Å². The molecule has 0 radical (unpaired) electrons. The van der Waals surface area contributed by atoms with Crippen molar-refractivity contribution in [3.8, 4) is 11.1 Å². The maximum Gasteiger partial charge on any atom is 0.305 e. The molecule has 2 amide bonds. The van der Waals surface area contributed by atoms with Gasteiger partial charge in [-0.2, -0.15) is 0 Å². The van der Waals surface area contributed by atoms with E-state index in [9.17, 15) is 14.4 Å². The number of carboxylic acid groups (broad SMARTS) is 1. The zero-order chi connectivity index (χ0) is 17.7. The number of hydrogen-bond donors (Lipinski definition) is 2. The lowest BCUT2D eigenvalue weighted by atomic mass is 10.0. The fourth-order valence-corrected chi connectivity index (χ4v) is 3.22. The van der Waals surface area contributed by atoms with E-state index < -0.39 is 5.97 Å². The Morgan fingerprint density at radius 3 is 2.46 bits per heavy atom. The average Bonchev–Trinajstić information content (AvgIpc) is 2.95. The molecule has 126 valence electrons. The van der Waals surface area contributed by atoms with E-state index in [1.807, 2.05) is 35.7 Å². The lowest BCUT2D eigenvalue weighted by molar-refractivity contribution is -0.137. The monoisotopic (exact) mass is 346 g/mol. The summed E-state index contributed by atoms with van der Waals surface area (Å²) in [6.07, 6.45) is -0.136. The second-order valence-electron chi connectivity index (χ2n) is 5.27. The highest BCUT2D eigenvalue weighted by Gasteiger charge is 2.23. The van der Waals surface area contributed by atoms with Gasteiger partial charge in [0, 0.05) is 31.5 Å². The van der Waals surface area contributed by atoms with E-state index in [4.69, 9.17) is 5.11 Å². The van der Waals surface area contributed by atoms with Crippen LogP contribution in [-0.4, -0.2) is 41.4 Å². The van der Waals surface area contributed by atoms with E-state index in [-0.39, 0.29) is 24.8 Å². The molecule has 24 heavy (non-hydrogen) atoms. The molecule has 1 heterocycles. The van der Waals surface area contributed by atoms with E-state index in [0.717, 1.165) is 11.1 Å². The smallest absolute Gasteiger partial charge is 0.305 e. The van der Waals surface area contributed by atoms with Gasteiger partial charge in [0.1, 0.15) is 5.00 Å². The predicted molar refractivity (Wildman–Crippen MR) is 93.3 cm³/mol. The molecule has 0 bridgehead atoms. The third-order valence-corrected chi connectivity index (χ3v) is 4.28. The second-order valence-corrected chi connectivity index (χ2v) is 6.15.